The molecule has 0 bridgehead atoms. The highest BCUT2D eigenvalue weighted by atomic mass is 79.9. The highest BCUT2D eigenvalue weighted by Gasteiger charge is 2.27. The van der Waals surface area contributed by atoms with Crippen molar-refractivity contribution in [2.24, 2.45) is 0 Å². The van der Waals surface area contributed by atoms with E-state index < -0.39 is 12.8 Å². The largest absolute Gasteiger partial charge is 0.411 e. The van der Waals surface area contributed by atoms with Crippen LogP contribution in [0.1, 0.15) is 34.8 Å². The molecule has 0 radical (unpaired) electrons. The van der Waals surface area contributed by atoms with E-state index >= 15 is 0 Å². The van der Waals surface area contributed by atoms with Crippen molar-refractivity contribution >= 4 is 21.8 Å². The lowest BCUT2D eigenvalue weighted by atomic mass is 10.1. The standard InChI is InChI=1S/C20H21BrF3NO2/c1-14(2-3-15-6-10-18(21)11-7-15)25-19(26)17-8-4-16(5-9-17)12-27-13-20(22,23)24/h4-11,14H,2-3,12-13H2,1H3,(H,25,26). The van der Waals surface area contributed by atoms with Crippen LogP contribution < -0.4 is 5.32 Å². The maximum atomic E-state index is 12.3. The summed E-state index contributed by atoms with van der Waals surface area (Å²) in [6.45, 7) is 0.506. The van der Waals surface area contributed by atoms with Gasteiger partial charge in [-0.2, -0.15) is 13.2 Å². The van der Waals surface area contributed by atoms with Gasteiger partial charge in [0, 0.05) is 16.1 Å². The van der Waals surface area contributed by atoms with Crippen molar-refractivity contribution in [3.63, 3.8) is 0 Å². The Morgan fingerprint density at radius 2 is 1.67 bits per heavy atom. The molecule has 7 heteroatoms. The number of hydrogen-bond donors (Lipinski definition) is 1. The third kappa shape index (κ3) is 8.13. The van der Waals surface area contributed by atoms with Gasteiger partial charge in [0.1, 0.15) is 6.61 Å². The van der Waals surface area contributed by atoms with Gasteiger partial charge in [0.25, 0.3) is 5.91 Å². The number of benzene rings is 2. The van der Waals surface area contributed by atoms with Crippen LogP contribution in [0.25, 0.3) is 0 Å². The van der Waals surface area contributed by atoms with Gasteiger partial charge in [0.05, 0.1) is 6.61 Å². The summed E-state index contributed by atoms with van der Waals surface area (Å²) in [6.07, 6.45) is -2.69. The molecule has 0 aliphatic heterocycles. The lowest BCUT2D eigenvalue weighted by molar-refractivity contribution is -0.176. The molecular formula is C20H21BrF3NO2. The van der Waals surface area contributed by atoms with Gasteiger partial charge >= 0.3 is 6.18 Å². The summed E-state index contributed by atoms with van der Waals surface area (Å²) in [5.41, 5.74) is 2.24. The number of alkyl halides is 3. The van der Waals surface area contributed by atoms with Gasteiger partial charge in [0.15, 0.2) is 0 Å². The van der Waals surface area contributed by atoms with E-state index in [9.17, 15) is 18.0 Å². The van der Waals surface area contributed by atoms with Crippen LogP contribution in [0.4, 0.5) is 13.2 Å². The van der Waals surface area contributed by atoms with Crippen LogP contribution in [0.5, 0.6) is 0 Å². The zero-order chi connectivity index (χ0) is 19.9. The van der Waals surface area contributed by atoms with Crippen molar-refractivity contribution < 1.29 is 22.7 Å². The fraction of sp³-hybridized carbons (Fsp3) is 0.350. The number of carbonyl (C=O) groups is 1. The van der Waals surface area contributed by atoms with Gasteiger partial charge in [0.2, 0.25) is 0 Å². The second kappa shape index (κ2) is 9.90. The lowest BCUT2D eigenvalue weighted by Gasteiger charge is -2.14. The molecule has 0 aromatic heterocycles. The summed E-state index contributed by atoms with van der Waals surface area (Å²) >= 11 is 3.40. The number of aryl methyl sites for hydroxylation is 1. The molecule has 1 N–H and O–H groups in total. The van der Waals surface area contributed by atoms with Crippen LogP contribution in [-0.4, -0.2) is 24.7 Å². The normalized spacial score (nSPS) is 12.6. The second-order valence-electron chi connectivity index (χ2n) is 6.34. The molecule has 2 aromatic carbocycles. The number of ether oxygens (including phenoxy) is 1. The first-order chi connectivity index (χ1) is 12.7. The fourth-order valence-corrected chi connectivity index (χ4v) is 2.71. The molecule has 3 nitrogen and oxygen atoms in total. The Hall–Kier alpha value is -1.86. The van der Waals surface area contributed by atoms with Crippen LogP contribution in [0.15, 0.2) is 53.0 Å². The summed E-state index contributed by atoms with van der Waals surface area (Å²) in [5.74, 6) is -0.207. The van der Waals surface area contributed by atoms with Gasteiger partial charge in [-0.15, -0.1) is 0 Å². The van der Waals surface area contributed by atoms with E-state index in [1.54, 1.807) is 24.3 Å². The van der Waals surface area contributed by atoms with Crippen molar-refractivity contribution in [2.75, 3.05) is 6.61 Å². The van der Waals surface area contributed by atoms with Crippen LogP contribution in [0.3, 0.4) is 0 Å². The third-order valence-corrected chi connectivity index (χ3v) is 4.44. The lowest BCUT2D eigenvalue weighted by Crippen LogP contribution is -2.32. The molecule has 1 atom stereocenters. The second-order valence-corrected chi connectivity index (χ2v) is 7.26. The molecule has 1 unspecified atom stereocenters. The Balaban J connectivity index is 1.78. The van der Waals surface area contributed by atoms with E-state index in [1.807, 2.05) is 31.2 Å². The number of amides is 1. The van der Waals surface area contributed by atoms with E-state index in [-0.39, 0.29) is 18.6 Å². The zero-order valence-corrected chi connectivity index (χ0v) is 16.4. The minimum absolute atomic E-state index is 0.00376. The van der Waals surface area contributed by atoms with Gasteiger partial charge in [-0.1, -0.05) is 40.2 Å². The van der Waals surface area contributed by atoms with Crippen LogP contribution in [0.2, 0.25) is 0 Å². The number of rotatable bonds is 8. The number of carbonyl (C=O) groups excluding carboxylic acids is 1. The van der Waals surface area contributed by atoms with Crippen LogP contribution in [0, 0.1) is 0 Å². The first-order valence-electron chi connectivity index (χ1n) is 8.52. The minimum Gasteiger partial charge on any atom is -0.367 e. The van der Waals surface area contributed by atoms with Gasteiger partial charge in [-0.25, -0.2) is 0 Å². The molecular weight excluding hydrogens is 423 g/mol. The molecule has 0 aliphatic rings. The van der Waals surface area contributed by atoms with Crippen molar-refractivity contribution in [3.05, 3.63) is 69.7 Å². The highest BCUT2D eigenvalue weighted by Crippen LogP contribution is 2.16. The van der Waals surface area contributed by atoms with E-state index in [0.717, 1.165) is 17.3 Å². The van der Waals surface area contributed by atoms with E-state index in [1.165, 1.54) is 5.56 Å². The fourth-order valence-electron chi connectivity index (χ4n) is 2.45. The smallest absolute Gasteiger partial charge is 0.367 e. The quantitative estimate of drug-likeness (QED) is 0.602. The molecule has 2 rings (SSSR count). The Morgan fingerprint density at radius 1 is 1.07 bits per heavy atom. The van der Waals surface area contributed by atoms with Crippen LogP contribution in [-0.2, 0) is 17.8 Å². The maximum Gasteiger partial charge on any atom is 0.411 e. The number of hydrogen-bond acceptors (Lipinski definition) is 2. The minimum atomic E-state index is -4.34. The monoisotopic (exact) mass is 443 g/mol. The van der Waals surface area contributed by atoms with Crippen molar-refractivity contribution in [1.82, 2.24) is 5.32 Å². The van der Waals surface area contributed by atoms with Crippen molar-refractivity contribution in [3.8, 4) is 0 Å². The average molecular weight is 444 g/mol. The molecule has 0 heterocycles. The summed E-state index contributed by atoms with van der Waals surface area (Å²) in [6, 6.07) is 14.4. The molecule has 0 aliphatic carbocycles. The Morgan fingerprint density at radius 3 is 2.26 bits per heavy atom. The number of halogens is 4. The molecule has 0 saturated heterocycles. The Kier molecular flexibility index (Phi) is 7.86. The van der Waals surface area contributed by atoms with E-state index in [2.05, 4.69) is 26.0 Å². The van der Waals surface area contributed by atoms with Gasteiger partial charge < -0.3 is 10.1 Å². The summed E-state index contributed by atoms with van der Waals surface area (Å²) in [7, 11) is 0. The molecule has 0 spiro atoms. The van der Waals surface area contributed by atoms with Crippen molar-refractivity contribution in [1.29, 1.82) is 0 Å². The van der Waals surface area contributed by atoms with Gasteiger partial charge in [-0.05, 0) is 55.2 Å². The van der Waals surface area contributed by atoms with E-state index in [0.29, 0.717) is 11.1 Å². The average Bonchev–Trinajstić information content (AvgIpc) is 2.60. The SMILES string of the molecule is CC(CCc1ccc(Br)cc1)NC(=O)c1ccc(COCC(F)(F)F)cc1. The predicted molar refractivity (Wildman–Crippen MR) is 102 cm³/mol. The molecule has 1 amide bonds. The summed E-state index contributed by atoms with van der Waals surface area (Å²) < 4.78 is 41.8. The molecule has 27 heavy (non-hydrogen) atoms. The van der Waals surface area contributed by atoms with E-state index in [4.69, 9.17) is 0 Å². The molecule has 2 aromatic rings. The third-order valence-electron chi connectivity index (χ3n) is 3.91. The highest BCUT2D eigenvalue weighted by molar-refractivity contribution is 9.10. The predicted octanol–water partition coefficient (Wildman–Crippen LogP) is 5.28. The zero-order valence-electron chi connectivity index (χ0n) is 14.9. The first-order valence-corrected chi connectivity index (χ1v) is 9.31. The van der Waals surface area contributed by atoms with Crippen molar-refractivity contribution in [2.45, 2.75) is 38.6 Å². The molecule has 0 fully saturated rings. The Bertz CT molecular complexity index is 730. The maximum absolute atomic E-state index is 12.3. The van der Waals surface area contributed by atoms with Gasteiger partial charge in [-0.3, -0.25) is 4.79 Å². The Labute approximate surface area is 165 Å². The van der Waals surface area contributed by atoms with Crippen LogP contribution >= 0.6 is 15.9 Å². The number of nitrogens with one attached hydrogen (secondary N) is 1. The summed E-state index contributed by atoms with van der Waals surface area (Å²) in [4.78, 5) is 12.3. The molecule has 146 valence electrons. The molecule has 0 saturated carbocycles. The topological polar surface area (TPSA) is 38.3 Å². The summed E-state index contributed by atoms with van der Waals surface area (Å²) in [5, 5.41) is 2.93. The first kappa shape index (κ1) is 21.4.